The number of hydrogen-bond donors (Lipinski definition) is 1. The summed E-state index contributed by atoms with van der Waals surface area (Å²) in [5, 5.41) is 12.5. The molecule has 2 aliphatic rings. The van der Waals surface area contributed by atoms with E-state index in [0.717, 1.165) is 29.0 Å². The number of halogens is 4. The van der Waals surface area contributed by atoms with Gasteiger partial charge in [0.1, 0.15) is 18.8 Å². The Morgan fingerprint density at radius 3 is 2.60 bits per heavy atom. The number of benzene rings is 2. The van der Waals surface area contributed by atoms with Gasteiger partial charge in [0.2, 0.25) is 5.43 Å². The summed E-state index contributed by atoms with van der Waals surface area (Å²) < 4.78 is 42.6. The molecule has 1 aromatic heterocycles. The Hall–Kier alpha value is -3.11. The molecule has 0 radical (unpaired) electrons. The Kier molecular flexibility index (Phi) is 5.76. The number of fused-ring (bicyclic) bond motifs is 3. The molecule has 0 saturated carbocycles. The van der Waals surface area contributed by atoms with Crippen LogP contribution in [-0.4, -0.2) is 39.5 Å². The molecule has 0 spiro atoms. The lowest BCUT2D eigenvalue weighted by atomic mass is 9.94. The maximum Gasteiger partial charge on any atom is 0.408 e. The van der Waals surface area contributed by atoms with Gasteiger partial charge in [-0.3, -0.25) is 19.3 Å². The molecule has 2 aliphatic heterocycles. The fourth-order valence-electron chi connectivity index (χ4n) is 4.51. The van der Waals surface area contributed by atoms with Gasteiger partial charge in [0, 0.05) is 33.5 Å². The van der Waals surface area contributed by atoms with Crippen LogP contribution in [0.25, 0.3) is 0 Å². The molecule has 1 unspecified atom stereocenters. The number of hydrogen-bond acceptors (Lipinski definition) is 5. The first-order chi connectivity index (χ1) is 16.6. The number of nitrogens with zero attached hydrogens (tertiary/aromatic N) is 3. The molecular weight excluding hydrogens is 503 g/mol. The van der Waals surface area contributed by atoms with Crippen molar-refractivity contribution in [2.24, 2.45) is 0 Å². The Morgan fingerprint density at radius 1 is 1.11 bits per heavy atom. The summed E-state index contributed by atoms with van der Waals surface area (Å²) >= 11 is 8.25. The van der Waals surface area contributed by atoms with Crippen molar-refractivity contribution in [1.29, 1.82) is 0 Å². The molecule has 6 nitrogen and oxygen atoms in total. The molecular formula is C24H19ClF3N3O3S. The van der Waals surface area contributed by atoms with Gasteiger partial charge in [-0.1, -0.05) is 41.9 Å². The second-order valence-electron chi connectivity index (χ2n) is 8.34. The number of aromatic hydroxyl groups is 1. The Morgan fingerprint density at radius 2 is 1.86 bits per heavy atom. The zero-order valence-corrected chi connectivity index (χ0v) is 19.9. The van der Waals surface area contributed by atoms with Crippen molar-refractivity contribution in [3.8, 4) is 5.75 Å². The molecule has 3 heterocycles. The largest absolute Gasteiger partial charge is 0.502 e. The number of carbonyl (C=O) groups excluding carboxylic acids is 1. The van der Waals surface area contributed by atoms with Crippen LogP contribution in [-0.2, 0) is 5.75 Å². The van der Waals surface area contributed by atoms with Gasteiger partial charge in [-0.2, -0.15) is 13.2 Å². The Bertz CT molecular complexity index is 1390. The van der Waals surface area contributed by atoms with Gasteiger partial charge in [0.25, 0.3) is 5.91 Å². The van der Waals surface area contributed by atoms with E-state index in [1.165, 1.54) is 15.9 Å². The summed E-state index contributed by atoms with van der Waals surface area (Å²) in [7, 11) is 0. The highest BCUT2D eigenvalue weighted by molar-refractivity contribution is 7.98. The number of carbonyl (C=O) groups is 1. The number of alkyl halides is 3. The third-order valence-corrected chi connectivity index (χ3v) is 7.81. The van der Waals surface area contributed by atoms with E-state index in [1.807, 2.05) is 36.4 Å². The normalized spacial score (nSPS) is 18.4. The van der Waals surface area contributed by atoms with Crippen LogP contribution < -0.4 is 10.4 Å². The zero-order valence-electron chi connectivity index (χ0n) is 18.3. The lowest BCUT2D eigenvalue weighted by molar-refractivity contribution is -0.173. The van der Waals surface area contributed by atoms with Crippen molar-refractivity contribution < 1.29 is 23.1 Å². The van der Waals surface area contributed by atoms with E-state index in [0.29, 0.717) is 21.2 Å². The Labute approximate surface area is 207 Å². The fourth-order valence-corrected chi connectivity index (χ4v) is 5.89. The molecule has 1 amide bonds. The van der Waals surface area contributed by atoms with E-state index >= 15 is 0 Å². The summed E-state index contributed by atoms with van der Waals surface area (Å²) in [5.41, 5.74) is 0.971. The van der Waals surface area contributed by atoms with Crippen LogP contribution in [0.3, 0.4) is 0 Å². The minimum Gasteiger partial charge on any atom is -0.502 e. The van der Waals surface area contributed by atoms with Crippen molar-refractivity contribution in [3.63, 3.8) is 0 Å². The molecule has 5 rings (SSSR count). The van der Waals surface area contributed by atoms with Gasteiger partial charge in [-0.05, 0) is 30.2 Å². The van der Waals surface area contributed by atoms with Crippen molar-refractivity contribution in [2.45, 2.75) is 35.8 Å². The molecule has 11 heteroatoms. The molecule has 182 valence electrons. The Balaban J connectivity index is 1.80. The summed E-state index contributed by atoms with van der Waals surface area (Å²) in [5.74, 6) is -1.41. The molecule has 0 bridgehead atoms. The number of pyridine rings is 1. The molecule has 1 N–H and O–H groups in total. The maximum atomic E-state index is 13.8. The number of rotatable bonds is 2. The second-order valence-corrected chi connectivity index (χ2v) is 9.76. The van der Waals surface area contributed by atoms with Crippen LogP contribution in [0.2, 0.25) is 5.02 Å². The minimum atomic E-state index is -4.72. The minimum absolute atomic E-state index is 0.420. The van der Waals surface area contributed by atoms with Crippen molar-refractivity contribution in [1.82, 2.24) is 9.58 Å². The lowest BCUT2D eigenvalue weighted by Crippen LogP contribution is -2.60. The average molecular weight is 522 g/mol. The van der Waals surface area contributed by atoms with Crippen molar-refractivity contribution in [3.05, 3.63) is 92.4 Å². The lowest BCUT2D eigenvalue weighted by Gasteiger charge is -2.46. The molecule has 2 atom stereocenters. The standard InChI is InChI=1S/C24H19ClF3N3O3S/c1-13(24(26,27)28)29-12-31(30-10-9-17(32)22(33)21(30)23(29)34)20-15-6-2-3-8-18(15)35-11-14-5-4-7-16(25)19(14)20/h2-10,13,20,33H,11-12H2,1H3/t13?,20-/m0/s1. The van der Waals surface area contributed by atoms with E-state index in [1.54, 1.807) is 17.8 Å². The van der Waals surface area contributed by atoms with Crippen LogP contribution in [0.15, 0.2) is 64.4 Å². The van der Waals surface area contributed by atoms with Crippen LogP contribution in [0.1, 0.15) is 40.1 Å². The quantitative estimate of drug-likeness (QED) is 0.519. The first kappa shape index (κ1) is 23.6. The van der Waals surface area contributed by atoms with Gasteiger partial charge in [0.05, 0.1) is 0 Å². The fraction of sp³-hybridized carbons (Fsp3) is 0.250. The average Bonchev–Trinajstić information content (AvgIpc) is 2.98. The summed E-state index contributed by atoms with van der Waals surface area (Å²) in [6.45, 7) is 0.421. The monoisotopic (exact) mass is 521 g/mol. The third-order valence-electron chi connectivity index (χ3n) is 6.34. The predicted octanol–water partition coefficient (Wildman–Crippen LogP) is 4.90. The predicted molar refractivity (Wildman–Crippen MR) is 126 cm³/mol. The number of thioether (sulfide) groups is 1. The van der Waals surface area contributed by atoms with E-state index < -0.39 is 47.7 Å². The number of aromatic nitrogens is 1. The van der Waals surface area contributed by atoms with Gasteiger partial charge in [-0.25, -0.2) is 0 Å². The highest BCUT2D eigenvalue weighted by Crippen LogP contribution is 2.45. The molecule has 35 heavy (non-hydrogen) atoms. The highest BCUT2D eigenvalue weighted by Gasteiger charge is 2.47. The molecule has 3 aromatic rings. The smallest absolute Gasteiger partial charge is 0.408 e. The molecule has 0 aliphatic carbocycles. The summed E-state index contributed by atoms with van der Waals surface area (Å²) in [6.07, 6.45) is -3.43. The van der Waals surface area contributed by atoms with Crippen molar-refractivity contribution >= 4 is 29.3 Å². The molecule has 0 fully saturated rings. The van der Waals surface area contributed by atoms with Crippen LogP contribution in [0, 0.1) is 0 Å². The van der Waals surface area contributed by atoms with Crippen LogP contribution in [0.5, 0.6) is 5.75 Å². The van der Waals surface area contributed by atoms with Crippen LogP contribution >= 0.6 is 23.4 Å². The first-order valence-electron chi connectivity index (χ1n) is 10.7. The van der Waals surface area contributed by atoms with E-state index in [-0.39, 0.29) is 0 Å². The van der Waals surface area contributed by atoms with Crippen LogP contribution in [0.4, 0.5) is 13.2 Å². The SMILES string of the molecule is CC(N1CN([C@H]2c3ccccc3SCc3cccc(Cl)c32)n2ccc(=O)c(O)c2C1=O)C(F)(F)F. The van der Waals surface area contributed by atoms with Gasteiger partial charge < -0.3 is 10.0 Å². The maximum absolute atomic E-state index is 13.8. The number of amides is 1. The summed E-state index contributed by atoms with van der Waals surface area (Å²) in [4.78, 5) is 26.9. The molecule has 0 saturated heterocycles. The van der Waals surface area contributed by atoms with Gasteiger partial charge in [-0.15, -0.1) is 11.8 Å². The zero-order chi connectivity index (χ0) is 25.1. The first-order valence-corrected chi connectivity index (χ1v) is 12.0. The van der Waals surface area contributed by atoms with Gasteiger partial charge >= 0.3 is 6.18 Å². The highest BCUT2D eigenvalue weighted by atomic mass is 35.5. The topological polar surface area (TPSA) is 65.8 Å². The van der Waals surface area contributed by atoms with Gasteiger partial charge in [0.15, 0.2) is 11.4 Å². The molecule has 2 aromatic carbocycles. The van der Waals surface area contributed by atoms with E-state index in [4.69, 9.17) is 11.6 Å². The summed E-state index contributed by atoms with van der Waals surface area (Å²) in [6, 6.07) is 11.1. The second kappa shape index (κ2) is 8.53. The third kappa shape index (κ3) is 3.84. The van der Waals surface area contributed by atoms with E-state index in [9.17, 15) is 27.9 Å². The van der Waals surface area contributed by atoms with E-state index in [2.05, 4.69) is 0 Å². The van der Waals surface area contributed by atoms with Crippen molar-refractivity contribution in [2.75, 3.05) is 11.7 Å².